The Labute approximate surface area is 77.7 Å². The Morgan fingerprint density at radius 1 is 1.69 bits per heavy atom. The van der Waals surface area contributed by atoms with Crippen molar-refractivity contribution in [3.05, 3.63) is 18.0 Å². The van der Waals surface area contributed by atoms with Crippen LogP contribution in [-0.4, -0.2) is 22.1 Å². The Hall–Kier alpha value is -1.16. The minimum Gasteiger partial charge on any atom is -0.324 e. The van der Waals surface area contributed by atoms with Crippen LogP contribution in [0, 0.1) is 5.92 Å². The Bertz CT molecular complexity index is 291. The van der Waals surface area contributed by atoms with E-state index in [0.29, 0.717) is 11.5 Å². The Morgan fingerprint density at radius 3 is 2.92 bits per heavy atom. The molecule has 0 spiro atoms. The SMILES string of the molecule is CC(C)Cn1cc(C(=O)CN)cn1. The van der Waals surface area contributed by atoms with E-state index in [4.69, 9.17) is 5.73 Å². The largest absolute Gasteiger partial charge is 0.324 e. The standard InChI is InChI=1S/C9H15N3O/c1-7(2)5-12-6-8(4-11-12)9(13)3-10/h4,6-7H,3,5,10H2,1-2H3. The predicted octanol–water partition coefficient (Wildman–Crippen LogP) is 0.680. The summed E-state index contributed by atoms with van der Waals surface area (Å²) < 4.78 is 1.77. The summed E-state index contributed by atoms with van der Waals surface area (Å²) in [4.78, 5) is 11.1. The van der Waals surface area contributed by atoms with E-state index < -0.39 is 0 Å². The molecule has 0 saturated heterocycles. The van der Waals surface area contributed by atoms with Gasteiger partial charge in [-0.3, -0.25) is 9.48 Å². The van der Waals surface area contributed by atoms with Gasteiger partial charge in [-0.25, -0.2) is 0 Å². The average molecular weight is 181 g/mol. The lowest BCUT2D eigenvalue weighted by Crippen LogP contribution is -2.12. The van der Waals surface area contributed by atoms with Crippen LogP contribution in [0.3, 0.4) is 0 Å². The van der Waals surface area contributed by atoms with E-state index in [2.05, 4.69) is 18.9 Å². The van der Waals surface area contributed by atoms with Gasteiger partial charge in [0.15, 0.2) is 5.78 Å². The quantitative estimate of drug-likeness (QED) is 0.695. The highest BCUT2D eigenvalue weighted by molar-refractivity contribution is 5.96. The zero-order valence-electron chi connectivity index (χ0n) is 8.03. The normalized spacial score (nSPS) is 10.8. The summed E-state index contributed by atoms with van der Waals surface area (Å²) in [6, 6.07) is 0. The lowest BCUT2D eigenvalue weighted by atomic mass is 10.2. The van der Waals surface area contributed by atoms with Crippen LogP contribution < -0.4 is 5.73 Å². The highest BCUT2D eigenvalue weighted by atomic mass is 16.1. The molecule has 0 atom stereocenters. The van der Waals surface area contributed by atoms with E-state index in [1.165, 1.54) is 0 Å². The molecule has 0 fully saturated rings. The lowest BCUT2D eigenvalue weighted by Gasteiger charge is -2.02. The summed E-state index contributed by atoms with van der Waals surface area (Å²) in [5.74, 6) is 0.468. The van der Waals surface area contributed by atoms with Crippen molar-refractivity contribution in [2.45, 2.75) is 20.4 Å². The first-order valence-corrected chi connectivity index (χ1v) is 4.39. The van der Waals surface area contributed by atoms with Crippen LogP contribution in [0.5, 0.6) is 0 Å². The second-order valence-corrected chi connectivity index (χ2v) is 3.47. The fourth-order valence-corrected chi connectivity index (χ4v) is 1.10. The first-order chi connectivity index (χ1) is 6.13. The van der Waals surface area contributed by atoms with Crippen molar-refractivity contribution < 1.29 is 4.79 Å². The van der Waals surface area contributed by atoms with Crippen molar-refractivity contribution >= 4 is 5.78 Å². The molecule has 0 aromatic carbocycles. The molecular formula is C9H15N3O. The smallest absolute Gasteiger partial charge is 0.179 e. The van der Waals surface area contributed by atoms with Gasteiger partial charge in [0.05, 0.1) is 18.3 Å². The fraction of sp³-hybridized carbons (Fsp3) is 0.556. The molecule has 1 heterocycles. The molecule has 0 aliphatic rings. The predicted molar refractivity (Wildman–Crippen MR) is 50.4 cm³/mol. The van der Waals surface area contributed by atoms with Crippen LogP contribution in [0.2, 0.25) is 0 Å². The number of carbonyl (C=O) groups is 1. The van der Waals surface area contributed by atoms with Gasteiger partial charge in [-0.2, -0.15) is 5.10 Å². The third-order valence-corrected chi connectivity index (χ3v) is 1.69. The Balaban J connectivity index is 2.69. The summed E-state index contributed by atoms with van der Waals surface area (Å²) in [6.07, 6.45) is 3.31. The molecule has 0 saturated carbocycles. The molecule has 4 heteroatoms. The van der Waals surface area contributed by atoms with Gasteiger partial charge in [0.1, 0.15) is 0 Å². The van der Waals surface area contributed by atoms with Crippen LogP contribution in [-0.2, 0) is 6.54 Å². The highest BCUT2D eigenvalue weighted by Gasteiger charge is 2.06. The molecule has 0 bridgehead atoms. The maximum absolute atomic E-state index is 11.1. The summed E-state index contributed by atoms with van der Waals surface area (Å²) in [5, 5.41) is 4.07. The van der Waals surface area contributed by atoms with E-state index >= 15 is 0 Å². The summed E-state index contributed by atoms with van der Waals surface area (Å²) in [7, 11) is 0. The molecule has 1 aromatic heterocycles. The molecule has 1 rings (SSSR count). The molecule has 13 heavy (non-hydrogen) atoms. The number of nitrogens with zero attached hydrogens (tertiary/aromatic N) is 2. The van der Waals surface area contributed by atoms with Crippen LogP contribution >= 0.6 is 0 Å². The minimum atomic E-state index is -0.0602. The van der Waals surface area contributed by atoms with E-state index in [1.807, 2.05) is 0 Å². The number of hydrogen-bond donors (Lipinski definition) is 1. The third kappa shape index (κ3) is 2.66. The second kappa shape index (κ2) is 4.18. The molecule has 1 aromatic rings. The molecule has 2 N–H and O–H groups in total. The molecule has 0 unspecified atom stereocenters. The number of Topliss-reactive ketones (excluding diaryl/α,β-unsaturated/α-hetero) is 1. The number of ketones is 1. The van der Waals surface area contributed by atoms with Crippen molar-refractivity contribution in [2.75, 3.05) is 6.54 Å². The fourth-order valence-electron chi connectivity index (χ4n) is 1.10. The zero-order valence-corrected chi connectivity index (χ0v) is 8.03. The van der Waals surface area contributed by atoms with Gasteiger partial charge in [0, 0.05) is 12.7 Å². The number of carbonyl (C=O) groups excluding carboxylic acids is 1. The number of aromatic nitrogens is 2. The summed E-state index contributed by atoms with van der Waals surface area (Å²) >= 11 is 0. The van der Waals surface area contributed by atoms with Gasteiger partial charge in [-0.05, 0) is 5.92 Å². The van der Waals surface area contributed by atoms with Gasteiger partial charge < -0.3 is 5.73 Å². The Kier molecular flexibility index (Phi) is 3.19. The monoisotopic (exact) mass is 181 g/mol. The third-order valence-electron chi connectivity index (χ3n) is 1.69. The van der Waals surface area contributed by atoms with Gasteiger partial charge in [0.2, 0.25) is 0 Å². The highest BCUT2D eigenvalue weighted by Crippen LogP contribution is 2.02. The first kappa shape index (κ1) is 9.92. The lowest BCUT2D eigenvalue weighted by molar-refractivity contribution is 0.100. The van der Waals surface area contributed by atoms with Gasteiger partial charge in [-0.1, -0.05) is 13.8 Å². The van der Waals surface area contributed by atoms with Gasteiger partial charge in [0.25, 0.3) is 0 Å². The number of hydrogen-bond acceptors (Lipinski definition) is 3. The molecule has 0 aliphatic carbocycles. The van der Waals surface area contributed by atoms with Crippen LogP contribution in [0.1, 0.15) is 24.2 Å². The van der Waals surface area contributed by atoms with Crippen LogP contribution in [0.15, 0.2) is 12.4 Å². The first-order valence-electron chi connectivity index (χ1n) is 4.39. The topological polar surface area (TPSA) is 60.9 Å². The van der Waals surface area contributed by atoms with E-state index in [-0.39, 0.29) is 12.3 Å². The molecule has 0 aliphatic heterocycles. The van der Waals surface area contributed by atoms with Crippen molar-refractivity contribution in [3.63, 3.8) is 0 Å². The maximum atomic E-state index is 11.1. The molecule has 72 valence electrons. The second-order valence-electron chi connectivity index (χ2n) is 3.47. The molecular weight excluding hydrogens is 166 g/mol. The summed E-state index contributed by atoms with van der Waals surface area (Å²) in [6.45, 7) is 5.09. The zero-order chi connectivity index (χ0) is 9.84. The number of rotatable bonds is 4. The van der Waals surface area contributed by atoms with Crippen molar-refractivity contribution in [2.24, 2.45) is 11.7 Å². The average Bonchev–Trinajstić information content (AvgIpc) is 2.50. The van der Waals surface area contributed by atoms with Crippen molar-refractivity contribution in [1.29, 1.82) is 0 Å². The molecule has 4 nitrogen and oxygen atoms in total. The van der Waals surface area contributed by atoms with E-state index in [9.17, 15) is 4.79 Å². The van der Waals surface area contributed by atoms with Gasteiger partial charge in [-0.15, -0.1) is 0 Å². The Morgan fingerprint density at radius 2 is 2.38 bits per heavy atom. The van der Waals surface area contributed by atoms with Crippen molar-refractivity contribution in [3.8, 4) is 0 Å². The maximum Gasteiger partial charge on any atom is 0.179 e. The van der Waals surface area contributed by atoms with E-state index in [0.717, 1.165) is 6.54 Å². The number of nitrogens with two attached hydrogens (primary N) is 1. The minimum absolute atomic E-state index is 0.0490. The molecule has 0 radical (unpaired) electrons. The van der Waals surface area contributed by atoms with Crippen LogP contribution in [0.25, 0.3) is 0 Å². The van der Waals surface area contributed by atoms with Crippen molar-refractivity contribution in [1.82, 2.24) is 9.78 Å². The van der Waals surface area contributed by atoms with E-state index in [1.54, 1.807) is 17.1 Å². The van der Waals surface area contributed by atoms with Crippen LogP contribution in [0.4, 0.5) is 0 Å². The van der Waals surface area contributed by atoms with Gasteiger partial charge >= 0.3 is 0 Å². The summed E-state index contributed by atoms with van der Waals surface area (Å²) in [5.41, 5.74) is 5.83. The molecule has 0 amide bonds.